The van der Waals surface area contributed by atoms with Gasteiger partial charge >= 0.3 is 12.0 Å². The van der Waals surface area contributed by atoms with Crippen LogP contribution >= 0.6 is 0 Å². The van der Waals surface area contributed by atoms with E-state index in [2.05, 4.69) is 10.6 Å². The Morgan fingerprint density at radius 1 is 1.14 bits per heavy atom. The van der Waals surface area contributed by atoms with E-state index in [0.29, 0.717) is 19.0 Å². The Balaban J connectivity index is 1.72. The van der Waals surface area contributed by atoms with E-state index in [4.69, 9.17) is 5.11 Å². The minimum atomic E-state index is -0.939. The highest BCUT2D eigenvalue weighted by Gasteiger charge is 2.29. The molecule has 118 valence electrons. The van der Waals surface area contributed by atoms with Crippen LogP contribution < -0.4 is 10.6 Å². The molecule has 1 heterocycles. The van der Waals surface area contributed by atoms with Crippen LogP contribution in [0.4, 0.5) is 4.79 Å². The van der Waals surface area contributed by atoms with Crippen molar-refractivity contribution in [2.75, 3.05) is 26.2 Å². The zero-order chi connectivity index (χ0) is 15.2. The van der Waals surface area contributed by atoms with E-state index in [-0.39, 0.29) is 30.8 Å². The second-order valence-electron chi connectivity index (χ2n) is 5.85. The molecule has 1 aliphatic carbocycles. The van der Waals surface area contributed by atoms with Crippen LogP contribution in [0.25, 0.3) is 0 Å². The lowest BCUT2D eigenvalue weighted by Crippen LogP contribution is -2.49. The summed E-state index contributed by atoms with van der Waals surface area (Å²) in [5.41, 5.74) is 0. The van der Waals surface area contributed by atoms with Crippen LogP contribution in [0.3, 0.4) is 0 Å². The lowest BCUT2D eigenvalue weighted by molar-refractivity contribution is -0.136. The number of carbonyl (C=O) groups excluding carboxylic acids is 2. The number of urea groups is 1. The van der Waals surface area contributed by atoms with Crippen molar-refractivity contribution in [1.29, 1.82) is 0 Å². The largest absolute Gasteiger partial charge is 0.481 e. The van der Waals surface area contributed by atoms with Crippen LogP contribution in [0.2, 0.25) is 0 Å². The van der Waals surface area contributed by atoms with Gasteiger partial charge in [-0.05, 0) is 31.6 Å². The Bertz CT molecular complexity index is 409. The molecule has 0 aromatic carbocycles. The van der Waals surface area contributed by atoms with E-state index < -0.39 is 5.97 Å². The number of carboxylic acids is 1. The molecule has 0 aromatic heterocycles. The molecule has 1 unspecified atom stereocenters. The molecule has 7 nitrogen and oxygen atoms in total. The number of carbonyl (C=O) groups is 3. The van der Waals surface area contributed by atoms with Crippen LogP contribution in [0, 0.1) is 11.8 Å². The molecular weight excluding hydrogens is 274 g/mol. The van der Waals surface area contributed by atoms with Crippen molar-refractivity contribution in [2.45, 2.75) is 32.1 Å². The third kappa shape index (κ3) is 5.24. The van der Waals surface area contributed by atoms with E-state index in [9.17, 15) is 14.4 Å². The molecule has 2 aliphatic rings. The Labute approximate surface area is 124 Å². The summed E-state index contributed by atoms with van der Waals surface area (Å²) in [7, 11) is 0. The highest BCUT2D eigenvalue weighted by molar-refractivity contribution is 5.81. The summed E-state index contributed by atoms with van der Waals surface area (Å²) in [5, 5.41) is 14.1. The van der Waals surface area contributed by atoms with Gasteiger partial charge in [0.25, 0.3) is 0 Å². The van der Waals surface area contributed by atoms with Crippen molar-refractivity contribution in [3.63, 3.8) is 0 Å². The lowest BCUT2D eigenvalue weighted by Gasteiger charge is -2.32. The quantitative estimate of drug-likeness (QED) is 0.661. The van der Waals surface area contributed by atoms with Gasteiger partial charge < -0.3 is 20.6 Å². The first-order chi connectivity index (χ1) is 10.1. The first-order valence-corrected chi connectivity index (χ1v) is 7.58. The first-order valence-electron chi connectivity index (χ1n) is 7.58. The summed E-state index contributed by atoms with van der Waals surface area (Å²) in [4.78, 5) is 36.0. The van der Waals surface area contributed by atoms with Crippen LogP contribution in [0.1, 0.15) is 32.1 Å². The molecule has 3 amide bonds. The molecule has 0 bridgehead atoms. The number of likely N-dealkylation sites (tertiary alicyclic amines) is 1. The molecule has 1 aliphatic heterocycles. The molecule has 0 radical (unpaired) electrons. The summed E-state index contributed by atoms with van der Waals surface area (Å²) < 4.78 is 0. The average molecular weight is 297 g/mol. The van der Waals surface area contributed by atoms with Gasteiger partial charge in [-0.3, -0.25) is 9.59 Å². The summed E-state index contributed by atoms with van der Waals surface area (Å²) in [5.74, 6) is -0.410. The molecule has 2 fully saturated rings. The van der Waals surface area contributed by atoms with Crippen LogP contribution in [0.15, 0.2) is 0 Å². The maximum absolute atomic E-state index is 12.1. The highest BCUT2D eigenvalue weighted by atomic mass is 16.4. The van der Waals surface area contributed by atoms with E-state index in [1.165, 1.54) is 12.8 Å². The van der Waals surface area contributed by atoms with Crippen molar-refractivity contribution in [3.8, 4) is 0 Å². The molecule has 3 N–H and O–H groups in total. The van der Waals surface area contributed by atoms with Gasteiger partial charge in [-0.2, -0.15) is 0 Å². The topological polar surface area (TPSA) is 98.7 Å². The monoisotopic (exact) mass is 297 g/mol. The number of hydrogen-bond acceptors (Lipinski definition) is 3. The number of piperidine rings is 1. The molecule has 0 spiro atoms. The van der Waals surface area contributed by atoms with Gasteiger partial charge in [0.15, 0.2) is 0 Å². The predicted molar refractivity (Wildman–Crippen MR) is 75.7 cm³/mol. The van der Waals surface area contributed by atoms with Gasteiger partial charge in [0.2, 0.25) is 5.91 Å². The highest BCUT2D eigenvalue weighted by Crippen LogP contribution is 2.27. The maximum Gasteiger partial charge on any atom is 0.317 e. The molecule has 1 saturated heterocycles. The third-order valence-corrected chi connectivity index (χ3v) is 3.96. The molecule has 7 heteroatoms. The minimum absolute atomic E-state index is 0.0323. The van der Waals surface area contributed by atoms with Crippen molar-refractivity contribution in [3.05, 3.63) is 0 Å². The standard InChI is InChI=1S/C14H23N3O4/c18-12(19)5-6-15-14(21)17-7-1-2-11(9-17)13(20)16-8-10-3-4-10/h10-11H,1-9H2,(H,15,21)(H,16,20)(H,18,19). The summed E-state index contributed by atoms with van der Waals surface area (Å²) >= 11 is 0. The molecule has 1 atom stereocenters. The molecule has 2 rings (SSSR count). The second kappa shape index (κ2) is 7.28. The summed E-state index contributed by atoms with van der Waals surface area (Å²) in [6, 6.07) is -0.282. The van der Waals surface area contributed by atoms with Gasteiger partial charge in [-0.15, -0.1) is 0 Å². The normalized spacial score (nSPS) is 21.7. The zero-order valence-electron chi connectivity index (χ0n) is 12.1. The van der Waals surface area contributed by atoms with Crippen LogP contribution in [-0.2, 0) is 9.59 Å². The number of nitrogens with zero attached hydrogens (tertiary/aromatic N) is 1. The lowest BCUT2D eigenvalue weighted by atomic mass is 9.97. The Morgan fingerprint density at radius 2 is 1.90 bits per heavy atom. The smallest absolute Gasteiger partial charge is 0.317 e. The Kier molecular flexibility index (Phi) is 5.41. The predicted octanol–water partition coefficient (Wildman–Crippen LogP) is 0.409. The number of nitrogens with one attached hydrogen (secondary N) is 2. The van der Waals surface area contributed by atoms with Gasteiger partial charge in [-0.1, -0.05) is 0 Å². The first kappa shape index (κ1) is 15.6. The molecule has 1 saturated carbocycles. The number of amides is 3. The third-order valence-electron chi connectivity index (χ3n) is 3.96. The minimum Gasteiger partial charge on any atom is -0.481 e. The van der Waals surface area contributed by atoms with Gasteiger partial charge in [0, 0.05) is 26.2 Å². The fourth-order valence-corrected chi connectivity index (χ4v) is 2.48. The molecular formula is C14H23N3O4. The van der Waals surface area contributed by atoms with Gasteiger partial charge in [0.1, 0.15) is 0 Å². The molecule has 21 heavy (non-hydrogen) atoms. The maximum atomic E-state index is 12.1. The summed E-state index contributed by atoms with van der Waals surface area (Å²) in [6.07, 6.45) is 3.90. The Morgan fingerprint density at radius 3 is 2.57 bits per heavy atom. The number of carboxylic acid groups (broad SMARTS) is 1. The van der Waals surface area contributed by atoms with Crippen molar-refractivity contribution >= 4 is 17.9 Å². The summed E-state index contributed by atoms with van der Waals surface area (Å²) in [6.45, 7) is 1.89. The number of hydrogen-bond donors (Lipinski definition) is 3. The average Bonchev–Trinajstić information content (AvgIpc) is 3.28. The van der Waals surface area contributed by atoms with E-state index in [0.717, 1.165) is 19.4 Å². The fourth-order valence-electron chi connectivity index (χ4n) is 2.48. The van der Waals surface area contributed by atoms with E-state index in [1.807, 2.05) is 0 Å². The van der Waals surface area contributed by atoms with Gasteiger partial charge in [0.05, 0.1) is 12.3 Å². The second-order valence-corrected chi connectivity index (χ2v) is 5.85. The fraction of sp³-hybridized carbons (Fsp3) is 0.786. The van der Waals surface area contributed by atoms with Crippen LogP contribution in [-0.4, -0.2) is 54.1 Å². The van der Waals surface area contributed by atoms with Gasteiger partial charge in [-0.25, -0.2) is 4.79 Å². The van der Waals surface area contributed by atoms with E-state index >= 15 is 0 Å². The Hall–Kier alpha value is -1.79. The van der Waals surface area contributed by atoms with Crippen molar-refractivity contribution in [1.82, 2.24) is 15.5 Å². The number of aliphatic carboxylic acids is 1. The van der Waals surface area contributed by atoms with Crippen molar-refractivity contribution < 1.29 is 19.5 Å². The van der Waals surface area contributed by atoms with E-state index in [1.54, 1.807) is 4.90 Å². The zero-order valence-corrected chi connectivity index (χ0v) is 12.1. The van der Waals surface area contributed by atoms with Crippen molar-refractivity contribution in [2.24, 2.45) is 11.8 Å². The number of rotatable bonds is 6. The SMILES string of the molecule is O=C(O)CCNC(=O)N1CCCC(C(=O)NCC2CC2)C1. The van der Waals surface area contributed by atoms with Crippen LogP contribution in [0.5, 0.6) is 0 Å². The molecule has 0 aromatic rings.